The van der Waals surface area contributed by atoms with E-state index in [9.17, 15) is 14.0 Å². The molecule has 156 valence electrons. The molecule has 0 bridgehead atoms. The number of hydrogen-bond donors (Lipinski definition) is 1. The van der Waals surface area contributed by atoms with Gasteiger partial charge in [0.25, 0.3) is 5.91 Å². The molecule has 0 saturated carbocycles. The van der Waals surface area contributed by atoms with E-state index in [4.69, 9.17) is 10.00 Å². The van der Waals surface area contributed by atoms with E-state index in [1.807, 2.05) is 6.07 Å². The number of halogens is 1. The fraction of sp³-hybridized carbons (Fsp3) is 0.318. The molecule has 1 saturated heterocycles. The van der Waals surface area contributed by atoms with Gasteiger partial charge >= 0.3 is 0 Å². The van der Waals surface area contributed by atoms with Crippen molar-refractivity contribution in [3.8, 4) is 11.8 Å². The van der Waals surface area contributed by atoms with Crippen molar-refractivity contribution >= 4 is 17.5 Å². The predicted molar refractivity (Wildman–Crippen MR) is 109 cm³/mol. The highest BCUT2D eigenvalue weighted by molar-refractivity contribution is 5.91. The van der Waals surface area contributed by atoms with Gasteiger partial charge in [-0.2, -0.15) is 5.26 Å². The van der Waals surface area contributed by atoms with Crippen LogP contribution in [0.3, 0.4) is 0 Å². The van der Waals surface area contributed by atoms with E-state index >= 15 is 0 Å². The summed E-state index contributed by atoms with van der Waals surface area (Å²) in [4.78, 5) is 28.3. The number of carbonyl (C=O) groups excluding carboxylic acids is 2. The molecule has 0 aliphatic carbocycles. The molecular weight excluding hydrogens is 387 g/mol. The van der Waals surface area contributed by atoms with Crippen LogP contribution in [0.5, 0.6) is 5.75 Å². The molecule has 30 heavy (non-hydrogen) atoms. The number of hydrogen-bond acceptors (Lipinski definition) is 5. The number of nitrogens with one attached hydrogen (secondary N) is 1. The molecule has 8 heteroatoms. The number of nitriles is 1. The van der Waals surface area contributed by atoms with Gasteiger partial charge in [-0.05, 0) is 42.5 Å². The third-order valence-electron chi connectivity index (χ3n) is 4.83. The SMILES string of the molecule is N#Cc1cccc(NC(=O)CCN2CCN(C(=O)COc3ccc(F)cc3)CC2)c1. The Bertz CT molecular complexity index is 919. The molecule has 2 aromatic carbocycles. The summed E-state index contributed by atoms with van der Waals surface area (Å²) in [5.74, 6) is -0.130. The number of nitrogens with zero attached hydrogens (tertiary/aromatic N) is 3. The zero-order chi connectivity index (χ0) is 21.3. The first-order chi connectivity index (χ1) is 14.5. The van der Waals surface area contributed by atoms with Crippen LogP contribution in [0.15, 0.2) is 48.5 Å². The van der Waals surface area contributed by atoms with Gasteiger partial charge in [-0.15, -0.1) is 0 Å². The Morgan fingerprint density at radius 2 is 1.83 bits per heavy atom. The summed E-state index contributed by atoms with van der Waals surface area (Å²) < 4.78 is 18.3. The van der Waals surface area contributed by atoms with Gasteiger partial charge in [0.2, 0.25) is 5.91 Å². The first kappa shape index (κ1) is 21.3. The highest BCUT2D eigenvalue weighted by atomic mass is 19.1. The Morgan fingerprint density at radius 3 is 2.53 bits per heavy atom. The van der Waals surface area contributed by atoms with Crippen molar-refractivity contribution in [2.45, 2.75) is 6.42 Å². The Labute approximate surface area is 174 Å². The maximum Gasteiger partial charge on any atom is 0.260 e. The Kier molecular flexibility index (Phi) is 7.35. The van der Waals surface area contributed by atoms with E-state index in [-0.39, 0.29) is 24.2 Å². The van der Waals surface area contributed by atoms with E-state index in [2.05, 4.69) is 10.2 Å². The molecular formula is C22H23FN4O3. The summed E-state index contributed by atoms with van der Waals surface area (Å²) in [5, 5.41) is 11.7. The lowest BCUT2D eigenvalue weighted by Gasteiger charge is -2.34. The van der Waals surface area contributed by atoms with E-state index in [0.717, 1.165) is 0 Å². The largest absolute Gasteiger partial charge is 0.484 e. The molecule has 0 aromatic heterocycles. The van der Waals surface area contributed by atoms with Crippen LogP contribution >= 0.6 is 0 Å². The monoisotopic (exact) mass is 410 g/mol. The second kappa shape index (κ2) is 10.4. The Hall–Kier alpha value is -3.44. The molecule has 0 unspecified atom stereocenters. The lowest BCUT2D eigenvalue weighted by Crippen LogP contribution is -2.50. The first-order valence-corrected chi connectivity index (χ1v) is 9.72. The second-order valence-corrected chi connectivity index (χ2v) is 6.96. The van der Waals surface area contributed by atoms with Crippen LogP contribution in [-0.2, 0) is 9.59 Å². The van der Waals surface area contributed by atoms with E-state index in [1.165, 1.54) is 24.3 Å². The molecule has 3 rings (SSSR count). The van der Waals surface area contributed by atoms with E-state index < -0.39 is 0 Å². The number of ether oxygens (including phenoxy) is 1. The van der Waals surface area contributed by atoms with Crippen LogP contribution in [0, 0.1) is 17.1 Å². The third-order valence-corrected chi connectivity index (χ3v) is 4.83. The van der Waals surface area contributed by atoms with Crippen LogP contribution in [0.25, 0.3) is 0 Å². The van der Waals surface area contributed by atoms with E-state index in [1.54, 1.807) is 29.2 Å². The molecule has 0 radical (unpaired) electrons. The zero-order valence-corrected chi connectivity index (χ0v) is 16.5. The number of anilines is 1. The fourth-order valence-corrected chi connectivity index (χ4v) is 3.14. The molecule has 0 atom stereocenters. The highest BCUT2D eigenvalue weighted by Gasteiger charge is 2.21. The van der Waals surface area contributed by atoms with Crippen LogP contribution in [0.4, 0.5) is 10.1 Å². The van der Waals surface area contributed by atoms with Gasteiger partial charge in [-0.25, -0.2) is 4.39 Å². The van der Waals surface area contributed by atoms with Crippen LogP contribution in [-0.4, -0.2) is 60.9 Å². The number of rotatable bonds is 7. The molecule has 0 spiro atoms. The average Bonchev–Trinajstić information content (AvgIpc) is 2.77. The molecule has 1 aliphatic heterocycles. The number of benzene rings is 2. The predicted octanol–water partition coefficient (Wildman–Crippen LogP) is 2.25. The molecule has 1 fully saturated rings. The Morgan fingerprint density at radius 1 is 1.10 bits per heavy atom. The summed E-state index contributed by atoms with van der Waals surface area (Å²) in [6.07, 6.45) is 0.332. The minimum Gasteiger partial charge on any atom is -0.484 e. The smallest absolute Gasteiger partial charge is 0.260 e. The normalized spacial score (nSPS) is 14.1. The van der Waals surface area contributed by atoms with Gasteiger partial charge < -0.3 is 15.0 Å². The third kappa shape index (κ3) is 6.29. The summed E-state index contributed by atoms with van der Waals surface area (Å²) in [5.41, 5.74) is 1.10. The van der Waals surface area contributed by atoms with Crippen LogP contribution < -0.4 is 10.1 Å². The molecule has 2 aromatic rings. The highest BCUT2D eigenvalue weighted by Crippen LogP contribution is 2.12. The van der Waals surface area contributed by atoms with Gasteiger partial charge in [0, 0.05) is 44.8 Å². The lowest BCUT2D eigenvalue weighted by atomic mass is 10.2. The summed E-state index contributed by atoms with van der Waals surface area (Å²) in [6.45, 7) is 3.00. The minimum atomic E-state index is -0.353. The van der Waals surface area contributed by atoms with Gasteiger partial charge in [0.05, 0.1) is 11.6 Å². The van der Waals surface area contributed by atoms with Gasteiger partial charge in [-0.3, -0.25) is 14.5 Å². The maximum atomic E-state index is 12.9. The molecule has 2 amide bonds. The molecule has 1 N–H and O–H groups in total. The van der Waals surface area contributed by atoms with Crippen molar-refractivity contribution in [1.29, 1.82) is 5.26 Å². The van der Waals surface area contributed by atoms with Gasteiger partial charge in [0.1, 0.15) is 11.6 Å². The van der Waals surface area contributed by atoms with Gasteiger partial charge in [-0.1, -0.05) is 6.07 Å². The van der Waals surface area contributed by atoms with Crippen LogP contribution in [0.2, 0.25) is 0 Å². The van der Waals surface area contributed by atoms with Crippen molar-refractivity contribution in [3.05, 3.63) is 59.9 Å². The maximum absolute atomic E-state index is 12.9. The molecule has 1 heterocycles. The van der Waals surface area contributed by atoms with Crippen molar-refractivity contribution in [2.75, 3.05) is 44.6 Å². The van der Waals surface area contributed by atoms with Crippen molar-refractivity contribution in [3.63, 3.8) is 0 Å². The quantitative estimate of drug-likeness (QED) is 0.757. The topological polar surface area (TPSA) is 85.7 Å². The first-order valence-electron chi connectivity index (χ1n) is 9.72. The van der Waals surface area contributed by atoms with Crippen molar-refractivity contribution in [1.82, 2.24) is 9.80 Å². The van der Waals surface area contributed by atoms with Crippen molar-refractivity contribution in [2.24, 2.45) is 0 Å². The minimum absolute atomic E-state index is 0.0875. The second-order valence-electron chi connectivity index (χ2n) is 6.96. The lowest BCUT2D eigenvalue weighted by molar-refractivity contribution is -0.135. The van der Waals surface area contributed by atoms with Crippen molar-refractivity contribution < 1.29 is 18.7 Å². The summed E-state index contributed by atoms with van der Waals surface area (Å²) in [6, 6.07) is 14.4. The molecule has 1 aliphatic rings. The summed E-state index contributed by atoms with van der Waals surface area (Å²) in [7, 11) is 0. The Balaban J connectivity index is 1.35. The average molecular weight is 410 g/mol. The van der Waals surface area contributed by atoms with Crippen LogP contribution in [0.1, 0.15) is 12.0 Å². The standard InChI is InChI=1S/C22H23FN4O3/c23-18-4-6-20(7-5-18)30-16-22(29)27-12-10-26(11-13-27)9-8-21(28)25-19-3-1-2-17(14-19)15-24/h1-7,14H,8-13,16H2,(H,25,28). The number of piperazine rings is 1. The summed E-state index contributed by atoms with van der Waals surface area (Å²) >= 11 is 0. The van der Waals surface area contributed by atoms with E-state index in [0.29, 0.717) is 56.1 Å². The fourth-order valence-electron chi connectivity index (χ4n) is 3.14. The molecule has 7 nitrogen and oxygen atoms in total. The number of amides is 2. The number of carbonyl (C=O) groups is 2. The van der Waals surface area contributed by atoms with Gasteiger partial charge in [0.15, 0.2) is 6.61 Å². The zero-order valence-electron chi connectivity index (χ0n) is 16.5.